The van der Waals surface area contributed by atoms with Crippen LogP contribution in [0, 0.1) is 11.8 Å². The summed E-state index contributed by atoms with van der Waals surface area (Å²) in [5.41, 5.74) is 6.36. The van der Waals surface area contributed by atoms with Crippen molar-refractivity contribution in [2.24, 2.45) is 0 Å². The van der Waals surface area contributed by atoms with E-state index in [4.69, 9.17) is 10.5 Å². The van der Waals surface area contributed by atoms with E-state index in [2.05, 4.69) is 21.9 Å². The third-order valence-electron chi connectivity index (χ3n) is 2.39. The van der Waals surface area contributed by atoms with Gasteiger partial charge in [-0.2, -0.15) is 0 Å². The predicted molar refractivity (Wildman–Crippen MR) is 83.3 cm³/mol. The van der Waals surface area contributed by atoms with E-state index in [1.165, 1.54) is 7.11 Å². The number of hydrogen-bond acceptors (Lipinski definition) is 5. The summed E-state index contributed by atoms with van der Waals surface area (Å²) < 4.78 is 9.76. The maximum atomic E-state index is 11.6. The summed E-state index contributed by atoms with van der Waals surface area (Å²) in [5, 5.41) is 2.50. The van der Waals surface area contributed by atoms with Crippen molar-refractivity contribution in [2.45, 2.75) is 26.4 Å². The smallest absolute Gasteiger partial charge is 0.408 e. The minimum Gasteiger partial charge on any atom is -0.465 e. The molecule has 0 fully saturated rings. The molecule has 0 aliphatic heterocycles. The number of nitrogens with one attached hydrogen (secondary N) is 1. The maximum Gasteiger partial charge on any atom is 0.408 e. The molecule has 0 unspecified atom stereocenters. The molecular weight excluding hydrogens is 284 g/mol. The minimum absolute atomic E-state index is 0.0876. The number of alkyl carbamates (subject to hydrolysis) is 1. The first-order valence-electron chi connectivity index (χ1n) is 6.66. The van der Waals surface area contributed by atoms with E-state index in [-0.39, 0.29) is 6.54 Å². The molecule has 22 heavy (non-hydrogen) atoms. The third-order valence-corrected chi connectivity index (χ3v) is 2.39. The molecule has 1 aromatic rings. The van der Waals surface area contributed by atoms with Crippen molar-refractivity contribution in [3.05, 3.63) is 29.3 Å². The zero-order chi connectivity index (χ0) is 16.8. The van der Waals surface area contributed by atoms with Crippen LogP contribution >= 0.6 is 0 Å². The second-order valence-corrected chi connectivity index (χ2v) is 5.45. The Bertz CT molecular complexity index is 621. The molecule has 0 heterocycles. The zero-order valence-electron chi connectivity index (χ0n) is 13.1. The molecule has 0 aromatic heterocycles. The second-order valence-electron chi connectivity index (χ2n) is 5.45. The lowest BCUT2D eigenvalue weighted by molar-refractivity contribution is 0.0533. The molecule has 0 spiro atoms. The van der Waals surface area contributed by atoms with Crippen LogP contribution < -0.4 is 11.1 Å². The van der Waals surface area contributed by atoms with Gasteiger partial charge in [-0.05, 0) is 39.0 Å². The van der Waals surface area contributed by atoms with Gasteiger partial charge < -0.3 is 20.5 Å². The minimum atomic E-state index is -0.566. The van der Waals surface area contributed by atoms with Gasteiger partial charge in [-0.1, -0.05) is 11.8 Å². The number of nitrogens with two attached hydrogens (primary N) is 1. The van der Waals surface area contributed by atoms with Gasteiger partial charge in [0.25, 0.3) is 0 Å². The van der Waals surface area contributed by atoms with Crippen LogP contribution in [0.2, 0.25) is 0 Å². The Morgan fingerprint density at radius 3 is 2.59 bits per heavy atom. The van der Waals surface area contributed by atoms with Gasteiger partial charge in [-0.25, -0.2) is 9.59 Å². The summed E-state index contributed by atoms with van der Waals surface area (Å²) in [4.78, 5) is 23.1. The Hall–Kier alpha value is -2.68. The van der Waals surface area contributed by atoms with Crippen molar-refractivity contribution in [1.29, 1.82) is 0 Å². The maximum absolute atomic E-state index is 11.6. The Kier molecular flexibility index (Phi) is 5.81. The van der Waals surface area contributed by atoms with Crippen molar-refractivity contribution >= 4 is 17.7 Å². The molecule has 0 radical (unpaired) electrons. The normalized spacial score (nSPS) is 10.2. The lowest BCUT2D eigenvalue weighted by atomic mass is 10.1. The van der Waals surface area contributed by atoms with Crippen LogP contribution in [0.4, 0.5) is 10.5 Å². The number of carbonyl (C=O) groups excluding carboxylic acids is 2. The van der Waals surface area contributed by atoms with Gasteiger partial charge in [0.2, 0.25) is 0 Å². The third kappa shape index (κ3) is 5.75. The second kappa shape index (κ2) is 7.36. The van der Waals surface area contributed by atoms with E-state index in [1.54, 1.807) is 39.0 Å². The van der Waals surface area contributed by atoms with Gasteiger partial charge in [0.05, 0.1) is 19.2 Å². The Labute approximate surface area is 130 Å². The summed E-state index contributed by atoms with van der Waals surface area (Å²) in [5.74, 6) is 5.03. The van der Waals surface area contributed by atoms with E-state index < -0.39 is 17.7 Å². The molecule has 6 heteroatoms. The molecular formula is C16H20N2O4. The number of carbonyl (C=O) groups is 2. The standard InChI is InChI=1S/C16H20N2O4/c1-16(2,3)22-15(20)18-9-5-6-11-10-12(17)7-8-13(11)14(19)21-4/h7-8,10H,9,17H2,1-4H3,(H,18,20). The van der Waals surface area contributed by atoms with Crippen LogP contribution in [0.1, 0.15) is 36.7 Å². The van der Waals surface area contributed by atoms with E-state index in [9.17, 15) is 9.59 Å². The largest absolute Gasteiger partial charge is 0.465 e. The molecule has 0 atom stereocenters. The molecule has 1 aromatic carbocycles. The molecule has 1 amide bonds. The number of nitrogen functional groups attached to an aromatic ring is 1. The zero-order valence-corrected chi connectivity index (χ0v) is 13.1. The van der Waals surface area contributed by atoms with Gasteiger partial charge >= 0.3 is 12.1 Å². The Morgan fingerprint density at radius 1 is 1.32 bits per heavy atom. The van der Waals surface area contributed by atoms with Crippen molar-refractivity contribution < 1.29 is 19.1 Å². The number of hydrogen-bond donors (Lipinski definition) is 2. The van der Waals surface area contributed by atoms with Crippen LogP contribution in [-0.2, 0) is 9.47 Å². The highest BCUT2D eigenvalue weighted by atomic mass is 16.6. The summed E-state index contributed by atoms with van der Waals surface area (Å²) in [6.07, 6.45) is -0.553. The van der Waals surface area contributed by atoms with Crippen LogP contribution in [0.5, 0.6) is 0 Å². The molecule has 3 N–H and O–H groups in total. The quantitative estimate of drug-likeness (QED) is 0.495. The van der Waals surface area contributed by atoms with Gasteiger partial charge in [-0.3, -0.25) is 0 Å². The molecule has 0 aliphatic rings. The molecule has 118 valence electrons. The molecule has 0 bridgehead atoms. The number of ether oxygens (including phenoxy) is 2. The fourth-order valence-corrected chi connectivity index (χ4v) is 1.52. The molecule has 0 saturated carbocycles. The van der Waals surface area contributed by atoms with E-state index in [0.29, 0.717) is 16.8 Å². The molecule has 0 aliphatic carbocycles. The number of esters is 1. The molecule has 1 rings (SSSR count). The van der Waals surface area contributed by atoms with Gasteiger partial charge in [0.1, 0.15) is 5.60 Å². The van der Waals surface area contributed by atoms with Crippen LogP contribution in [0.25, 0.3) is 0 Å². The van der Waals surface area contributed by atoms with E-state index in [0.717, 1.165) is 0 Å². The van der Waals surface area contributed by atoms with Crippen molar-refractivity contribution in [1.82, 2.24) is 5.32 Å². The van der Waals surface area contributed by atoms with Gasteiger partial charge in [0.15, 0.2) is 0 Å². The fourth-order valence-electron chi connectivity index (χ4n) is 1.52. The van der Waals surface area contributed by atoms with Crippen molar-refractivity contribution in [2.75, 3.05) is 19.4 Å². The number of methoxy groups -OCH3 is 1. The summed E-state index contributed by atoms with van der Waals surface area (Å²) in [6.45, 7) is 5.40. The first kappa shape index (κ1) is 17.4. The van der Waals surface area contributed by atoms with Crippen molar-refractivity contribution in [3.8, 4) is 11.8 Å². The number of anilines is 1. The van der Waals surface area contributed by atoms with E-state index >= 15 is 0 Å². The summed E-state index contributed by atoms with van der Waals surface area (Å²) in [7, 11) is 1.29. The average molecular weight is 304 g/mol. The van der Waals surface area contributed by atoms with Crippen LogP contribution in [0.3, 0.4) is 0 Å². The average Bonchev–Trinajstić information content (AvgIpc) is 2.41. The highest BCUT2D eigenvalue weighted by molar-refractivity contribution is 5.92. The number of rotatable bonds is 2. The van der Waals surface area contributed by atoms with Crippen molar-refractivity contribution in [3.63, 3.8) is 0 Å². The van der Waals surface area contributed by atoms with Gasteiger partial charge in [0, 0.05) is 11.3 Å². The number of benzene rings is 1. The highest BCUT2D eigenvalue weighted by Gasteiger charge is 2.15. The lowest BCUT2D eigenvalue weighted by Crippen LogP contribution is -2.32. The first-order chi connectivity index (χ1) is 10.2. The fraction of sp³-hybridized carbons (Fsp3) is 0.375. The summed E-state index contributed by atoms with van der Waals surface area (Å²) >= 11 is 0. The Morgan fingerprint density at radius 2 is 2.00 bits per heavy atom. The van der Waals surface area contributed by atoms with E-state index in [1.807, 2.05) is 0 Å². The number of amides is 1. The lowest BCUT2D eigenvalue weighted by Gasteiger charge is -2.19. The molecule has 0 saturated heterocycles. The van der Waals surface area contributed by atoms with Crippen LogP contribution in [0.15, 0.2) is 18.2 Å². The topological polar surface area (TPSA) is 90.6 Å². The monoisotopic (exact) mass is 304 g/mol. The molecule has 6 nitrogen and oxygen atoms in total. The van der Waals surface area contributed by atoms with Gasteiger partial charge in [-0.15, -0.1) is 0 Å². The van der Waals surface area contributed by atoms with Crippen LogP contribution in [-0.4, -0.2) is 31.3 Å². The predicted octanol–water partition coefficient (Wildman–Crippen LogP) is 1.93. The Balaban J connectivity index is 2.74. The SMILES string of the molecule is COC(=O)c1ccc(N)cc1C#CCNC(=O)OC(C)(C)C. The summed E-state index contributed by atoms with van der Waals surface area (Å²) in [6, 6.07) is 4.72. The first-order valence-corrected chi connectivity index (χ1v) is 6.66. The highest BCUT2D eigenvalue weighted by Crippen LogP contribution is 2.13.